The Hall–Kier alpha value is -1.00. The van der Waals surface area contributed by atoms with Crippen LogP contribution in [-0.4, -0.2) is 24.9 Å². The monoisotopic (exact) mass is 330 g/mol. The maximum Gasteiger partial charge on any atom is 0.170 e. The lowest BCUT2D eigenvalue weighted by Crippen LogP contribution is -1.97. The van der Waals surface area contributed by atoms with Gasteiger partial charge in [0, 0.05) is 10.9 Å². The fraction of sp³-hybridized carbons (Fsp3) is 0.308. The molecular formula is C13H12BrClO3. The largest absolute Gasteiger partial charge is 0.490 e. The molecule has 0 radical (unpaired) electrons. The van der Waals surface area contributed by atoms with Crippen LogP contribution in [0.15, 0.2) is 22.7 Å². The Kier molecular flexibility index (Phi) is 4.66. The molecule has 96 valence electrons. The highest BCUT2D eigenvalue weighted by Crippen LogP contribution is 2.35. The van der Waals surface area contributed by atoms with Crippen LogP contribution in [0.1, 0.15) is 12.0 Å². The minimum absolute atomic E-state index is 0.0152. The van der Waals surface area contributed by atoms with Crippen molar-refractivity contribution < 1.29 is 14.3 Å². The van der Waals surface area contributed by atoms with Gasteiger partial charge in [-0.2, -0.15) is 0 Å². The first-order chi connectivity index (χ1) is 8.70. The molecule has 0 saturated heterocycles. The highest BCUT2D eigenvalue weighted by Gasteiger charge is 2.12. The van der Waals surface area contributed by atoms with E-state index >= 15 is 0 Å². The van der Waals surface area contributed by atoms with Gasteiger partial charge in [0.1, 0.15) is 0 Å². The fourth-order valence-electron chi connectivity index (χ4n) is 1.55. The van der Waals surface area contributed by atoms with Crippen molar-refractivity contribution in [3.05, 3.63) is 28.2 Å². The van der Waals surface area contributed by atoms with E-state index in [1.165, 1.54) is 6.08 Å². The second-order valence-corrected chi connectivity index (χ2v) is 4.93. The van der Waals surface area contributed by atoms with E-state index in [-0.39, 0.29) is 11.7 Å². The summed E-state index contributed by atoms with van der Waals surface area (Å²) >= 11 is 8.88. The second kappa shape index (κ2) is 6.25. The average molecular weight is 332 g/mol. The number of ether oxygens (including phenoxy) is 2. The third-order valence-electron chi connectivity index (χ3n) is 2.45. The average Bonchev–Trinajstić information content (AvgIpc) is 2.60. The second-order valence-electron chi connectivity index (χ2n) is 3.80. The van der Waals surface area contributed by atoms with Crippen LogP contribution in [0.4, 0.5) is 0 Å². The molecule has 0 spiro atoms. The smallest absolute Gasteiger partial charge is 0.170 e. The number of carbonyl (C=O) groups is 1. The van der Waals surface area contributed by atoms with Gasteiger partial charge in [0.05, 0.1) is 19.1 Å². The number of carbonyl (C=O) groups excluding carboxylic acids is 1. The van der Waals surface area contributed by atoms with Crippen molar-refractivity contribution in [2.75, 3.05) is 19.1 Å². The number of benzene rings is 1. The predicted molar refractivity (Wildman–Crippen MR) is 74.5 cm³/mol. The Balaban J connectivity index is 2.29. The Bertz CT molecular complexity index is 485. The summed E-state index contributed by atoms with van der Waals surface area (Å²) in [5, 5.41) is 0. The molecule has 1 aromatic rings. The zero-order valence-electron chi connectivity index (χ0n) is 9.62. The zero-order valence-corrected chi connectivity index (χ0v) is 12.0. The van der Waals surface area contributed by atoms with Crippen LogP contribution in [0, 0.1) is 0 Å². The third-order valence-corrected chi connectivity index (χ3v) is 3.40. The standard InChI is InChI=1S/C13H12BrClO3/c14-11-7-13-12(17-4-1-5-18-13)6-9(11)2-3-10(16)8-15/h2-3,6-7H,1,4-5,8H2. The van der Waals surface area contributed by atoms with E-state index in [0.29, 0.717) is 19.0 Å². The maximum atomic E-state index is 11.2. The van der Waals surface area contributed by atoms with Gasteiger partial charge < -0.3 is 9.47 Å². The summed E-state index contributed by atoms with van der Waals surface area (Å²) in [5.41, 5.74) is 0.859. The third kappa shape index (κ3) is 3.27. The van der Waals surface area contributed by atoms with E-state index in [0.717, 1.165) is 22.2 Å². The van der Waals surface area contributed by atoms with Gasteiger partial charge in [-0.25, -0.2) is 0 Å². The van der Waals surface area contributed by atoms with Crippen molar-refractivity contribution in [3.63, 3.8) is 0 Å². The van der Waals surface area contributed by atoms with E-state index in [9.17, 15) is 4.79 Å². The first kappa shape index (κ1) is 13.4. The van der Waals surface area contributed by atoms with Crippen molar-refractivity contribution in [2.45, 2.75) is 6.42 Å². The molecule has 2 rings (SSSR count). The maximum absolute atomic E-state index is 11.2. The number of alkyl halides is 1. The molecule has 0 unspecified atom stereocenters. The van der Waals surface area contributed by atoms with E-state index in [1.807, 2.05) is 12.1 Å². The summed E-state index contributed by atoms with van der Waals surface area (Å²) in [5.74, 6) is 1.28. The molecule has 0 fully saturated rings. The predicted octanol–water partition coefficient (Wildman–Crippen LogP) is 3.43. The Morgan fingerprint density at radius 1 is 1.33 bits per heavy atom. The number of ketones is 1. The molecule has 0 amide bonds. The van der Waals surface area contributed by atoms with Crippen LogP contribution in [0.25, 0.3) is 6.08 Å². The molecule has 18 heavy (non-hydrogen) atoms. The molecule has 5 heteroatoms. The quantitative estimate of drug-likeness (QED) is 0.629. The fourth-order valence-corrected chi connectivity index (χ4v) is 2.10. The van der Waals surface area contributed by atoms with Gasteiger partial charge in [-0.3, -0.25) is 4.79 Å². The van der Waals surface area contributed by atoms with E-state index in [1.54, 1.807) is 6.08 Å². The van der Waals surface area contributed by atoms with Gasteiger partial charge in [0.2, 0.25) is 0 Å². The van der Waals surface area contributed by atoms with Crippen LogP contribution >= 0.6 is 27.5 Å². The number of halogens is 2. The van der Waals surface area contributed by atoms with Crippen LogP contribution in [-0.2, 0) is 4.79 Å². The van der Waals surface area contributed by atoms with Crippen LogP contribution in [0.3, 0.4) is 0 Å². The van der Waals surface area contributed by atoms with Gasteiger partial charge in [0.15, 0.2) is 17.3 Å². The topological polar surface area (TPSA) is 35.5 Å². The van der Waals surface area contributed by atoms with Crippen LogP contribution < -0.4 is 9.47 Å². The minimum atomic E-state index is -0.129. The van der Waals surface area contributed by atoms with Gasteiger partial charge in [-0.1, -0.05) is 22.0 Å². The number of allylic oxidation sites excluding steroid dienone is 1. The summed E-state index contributed by atoms with van der Waals surface area (Å²) in [7, 11) is 0. The van der Waals surface area contributed by atoms with Crippen molar-refractivity contribution >= 4 is 39.4 Å². The summed E-state index contributed by atoms with van der Waals surface area (Å²) in [6.45, 7) is 1.29. The van der Waals surface area contributed by atoms with E-state index in [4.69, 9.17) is 21.1 Å². The molecule has 0 saturated carbocycles. The van der Waals surface area contributed by atoms with Crippen molar-refractivity contribution in [3.8, 4) is 11.5 Å². The van der Waals surface area contributed by atoms with Gasteiger partial charge in [-0.15, -0.1) is 11.6 Å². The first-order valence-corrected chi connectivity index (χ1v) is 6.89. The highest BCUT2D eigenvalue weighted by molar-refractivity contribution is 9.10. The lowest BCUT2D eigenvalue weighted by atomic mass is 10.1. The molecule has 0 N–H and O–H groups in total. The highest BCUT2D eigenvalue weighted by atomic mass is 79.9. The Morgan fingerprint density at radius 2 is 2.00 bits per heavy atom. The Morgan fingerprint density at radius 3 is 2.67 bits per heavy atom. The van der Waals surface area contributed by atoms with Gasteiger partial charge in [0.25, 0.3) is 0 Å². The van der Waals surface area contributed by atoms with Gasteiger partial charge in [-0.05, 0) is 23.8 Å². The minimum Gasteiger partial charge on any atom is -0.490 e. The van der Waals surface area contributed by atoms with Crippen molar-refractivity contribution in [1.82, 2.24) is 0 Å². The number of hydrogen-bond acceptors (Lipinski definition) is 3. The molecule has 1 aliphatic rings. The number of rotatable bonds is 3. The lowest BCUT2D eigenvalue weighted by Gasteiger charge is -2.09. The van der Waals surface area contributed by atoms with Crippen molar-refractivity contribution in [2.24, 2.45) is 0 Å². The number of hydrogen-bond donors (Lipinski definition) is 0. The van der Waals surface area contributed by atoms with Crippen molar-refractivity contribution in [1.29, 1.82) is 0 Å². The SMILES string of the molecule is O=C(C=Cc1cc2c(cc1Br)OCCCO2)CCl. The van der Waals surface area contributed by atoms with E-state index < -0.39 is 0 Å². The molecule has 0 bridgehead atoms. The first-order valence-electron chi connectivity index (χ1n) is 5.56. The zero-order chi connectivity index (χ0) is 13.0. The molecule has 1 aliphatic heterocycles. The summed E-state index contributed by atoms with van der Waals surface area (Å²) in [6.07, 6.45) is 4.03. The normalized spacial score (nSPS) is 14.6. The Labute approximate surface area is 119 Å². The summed E-state index contributed by atoms with van der Waals surface area (Å²) < 4.78 is 12.0. The molecular weight excluding hydrogens is 319 g/mol. The lowest BCUT2D eigenvalue weighted by molar-refractivity contribution is -0.112. The number of fused-ring (bicyclic) bond motifs is 1. The van der Waals surface area contributed by atoms with E-state index in [2.05, 4.69) is 15.9 Å². The van der Waals surface area contributed by atoms with Crippen LogP contribution in [0.5, 0.6) is 11.5 Å². The molecule has 0 aliphatic carbocycles. The molecule has 0 atom stereocenters. The molecule has 0 aromatic heterocycles. The van der Waals surface area contributed by atoms with Gasteiger partial charge >= 0.3 is 0 Å². The summed E-state index contributed by atoms with van der Waals surface area (Å²) in [6, 6.07) is 3.70. The molecule has 1 heterocycles. The molecule has 1 aromatic carbocycles. The summed E-state index contributed by atoms with van der Waals surface area (Å²) in [4.78, 5) is 11.2. The molecule has 3 nitrogen and oxygen atoms in total. The van der Waals surface area contributed by atoms with Crippen LogP contribution in [0.2, 0.25) is 0 Å².